The van der Waals surface area contributed by atoms with E-state index in [1.807, 2.05) is 24.4 Å². The number of pyridine rings is 1. The first-order chi connectivity index (χ1) is 7.88. The van der Waals surface area contributed by atoms with E-state index >= 15 is 0 Å². The SMILES string of the molecule is CCCCCCCC(NN)c1ccccn1. The van der Waals surface area contributed by atoms with Crippen LogP contribution in [0.5, 0.6) is 0 Å². The van der Waals surface area contributed by atoms with Crippen molar-refractivity contribution in [3.8, 4) is 0 Å². The minimum absolute atomic E-state index is 0.197. The number of rotatable bonds is 8. The van der Waals surface area contributed by atoms with Crippen LogP contribution in [0.4, 0.5) is 0 Å². The molecule has 0 saturated heterocycles. The van der Waals surface area contributed by atoms with Gasteiger partial charge in [-0.05, 0) is 18.6 Å². The second kappa shape index (κ2) is 8.25. The van der Waals surface area contributed by atoms with Crippen molar-refractivity contribution in [2.24, 2.45) is 5.84 Å². The maximum absolute atomic E-state index is 5.56. The molecule has 0 amide bonds. The Bertz CT molecular complexity index is 261. The van der Waals surface area contributed by atoms with Crippen molar-refractivity contribution >= 4 is 0 Å². The van der Waals surface area contributed by atoms with Crippen molar-refractivity contribution in [1.29, 1.82) is 0 Å². The van der Waals surface area contributed by atoms with Gasteiger partial charge in [-0.25, -0.2) is 0 Å². The van der Waals surface area contributed by atoms with E-state index in [0.717, 1.165) is 12.1 Å². The Balaban J connectivity index is 2.27. The van der Waals surface area contributed by atoms with Gasteiger partial charge in [-0.2, -0.15) is 0 Å². The van der Waals surface area contributed by atoms with Crippen molar-refractivity contribution in [2.45, 2.75) is 51.5 Å². The largest absolute Gasteiger partial charge is 0.271 e. The van der Waals surface area contributed by atoms with Gasteiger partial charge in [0.1, 0.15) is 0 Å². The Labute approximate surface area is 98.4 Å². The smallest absolute Gasteiger partial charge is 0.0632 e. The minimum Gasteiger partial charge on any atom is -0.271 e. The molecule has 3 nitrogen and oxygen atoms in total. The lowest BCUT2D eigenvalue weighted by Gasteiger charge is -2.14. The predicted molar refractivity (Wildman–Crippen MR) is 67.7 cm³/mol. The summed E-state index contributed by atoms with van der Waals surface area (Å²) in [5, 5.41) is 0. The molecule has 0 fully saturated rings. The fourth-order valence-electron chi connectivity index (χ4n) is 1.85. The zero-order valence-corrected chi connectivity index (χ0v) is 10.2. The van der Waals surface area contributed by atoms with Gasteiger partial charge < -0.3 is 0 Å². The fourth-order valence-corrected chi connectivity index (χ4v) is 1.85. The van der Waals surface area contributed by atoms with Crippen LogP contribution in [0, 0.1) is 0 Å². The van der Waals surface area contributed by atoms with E-state index in [2.05, 4.69) is 17.3 Å². The third kappa shape index (κ3) is 4.73. The van der Waals surface area contributed by atoms with Crippen molar-refractivity contribution < 1.29 is 0 Å². The van der Waals surface area contributed by atoms with Gasteiger partial charge >= 0.3 is 0 Å². The van der Waals surface area contributed by atoms with Crippen LogP contribution in [0.15, 0.2) is 24.4 Å². The zero-order valence-electron chi connectivity index (χ0n) is 10.2. The standard InChI is InChI=1S/C13H23N3/c1-2-3-4-5-6-10-13(16-14)12-9-7-8-11-15-12/h7-9,11,13,16H,2-6,10,14H2,1H3. The first-order valence-electron chi connectivity index (χ1n) is 6.25. The lowest BCUT2D eigenvalue weighted by Crippen LogP contribution is -2.28. The molecule has 0 aliphatic rings. The molecule has 1 aromatic heterocycles. The molecule has 0 aliphatic heterocycles. The normalized spacial score (nSPS) is 12.6. The Kier molecular flexibility index (Phi) is 6.77. The molecule has 3 N–H and O–H groups in total. The fraction of sp³-hybridized carbons (Fsp3) is 0.615. The highest BCUT2D eigenvalue weighted by Gasteiger charge is 2.09. The number of nitrogens with zero attached hydrogens (tertiary/aromatic N) is 1. The average molecular weight is 221 g/mol. The molecule has 1 rings (SSSR count). The molecule has 1 unspecified atom stereocenters. The number of unbranched alkanes of at least 4 members (excludes halogenated alkanes) is 4. The molecule has 16 heavy (non-hydrogen) atoms. The lowest BCUT2D eigenvalue weighted by molar-refractivity contribution is 0.470. The summed E-state index contributed by atoms with van der Waals surface area (Å²) in [4.78, 5) is 4.32. The monoisotopic (exact) mass is 221 g/mol. The van der Waals surface area contributed by atoms with Crippen LogP contribution >= 0.6 is 0 Å². The van der Waals surface area contributed by atoms with Gasteiger partial charge in [0.05, 0.1) is 11.7 Å². The van der Waals surface area contributed by atoms with Crippen LogP contribution in [-0.4, -0.2) is 4.98 Å². The predicted octanol–water partition coefficient (Wildman–Crippen LogP) is 2.95. The molecule has 0 aromatic carbocycles. The molecule has 1 atom stereocenters. The second-order valence-electron chi connectivity index (χ2n) is 4.18. The first kappa shape index (κ1) is 13.1. The second-order valence-corrected chi connectivity index (χ2v) is 4.18. The van der Waals surface area contributed by atoms with Crippen LogP contribution in [0.3, 0.4) is 0 Å². The topological polar surface area (TPSA) is 50.9 Å². The number of hydrazine groups is 1. The molecule has 0 bridgehead atoms. The third-order valence-corrected chi connectivity index (χ3v) is 2.84. The van der Waals surface area contributed by atoms with Crippen LogP contribution in [0.1, 0.15) is 57.2 Å². The summed E-state index contributed by atoms with van der Waals surface area (Å²) in [6, 6.07) is 6.15. The number of hydrogen-bond donors (Lipinski definition) is 2. The van der Waals surface area contributed by atoms with Gasteiger partial charge in [0.15, 0.2) is 0 Å². The molecule has 1 heterocycles. The summed E-state index contributed by atoms with van der Waals surface area (Å²) < 4.78 is 0. The summed E-state index contributed by atoms with van der Waals surface area (Å²) in [7, 11) is 0. The van der Waals surface area contributed by atoms with E-state index in [1.165, 1.54) is 32.1 Å². The highest BCUT2D eigenvalue weighted by Crippen LogP contribution is 2.17. The van der Waals surface area contributed by atoms with E-state index < -0.39 is 0 Å². The van der Waals surface area contributed by atoms with Crippen molar-refractivity contribution in [3.63, 3.8) is 0 Å². The molecular formula is C13H23N3. The molecule has 0 aliphatic carbocycles. The van der Waals surface area contributed by atoms with Crippen LogP contribution in [0.25, 0.3) is 0 Å². The van der Waals surface area contributed by atoms with Crippen molar-refractivity contribution in [3.05, 3.63) is 30.1 Å². The third-order valence-electron chi connectivity index (χ3n) is 2.84. The number of nitrogens with two attached hydrogens (primary N) is 1. The molecule has 1 aromatic rings. The van der Waals surface area contributed by atoms with E-state index in [9.17, 15) is 0 Å². The van der Waals surface area contributed by atoms with E-state index in [0.29, 0.717) is 0 Å². The van der Waals surface area contributed by atoms with Gasteiger partial charge in [0, 0.05) is 6.20 Å². The maximum Gasteiger partial charge on any atom is 0.0632 e. The first-order valence-corrected chi connectivity index (χ1v) is 6.25. The van der Waals surface area contributed by atoms with Crippen molar-refractivity contribution in [1.82, 2.24) is 10.4 Å². The summed E-state index contributed by atoms with van der Waals surface area (Å²) in [5.74, 6) is 5.56. The summed E-state index contributed by atoms with van der Waals surface area (Å²) in [5.41, 5.74) is 3.89. The molecule has 0 radical (unpaired) electrons. The molecular weight excluding hydrogens is 198 g/mol. The van der Waals surface area contributed by atoms with Gasteiger partial charge in [-0.3, -0.25) is 16.3 Å². The van der Waals surface area contributed by atoms with Gasteiger partial charge in [-0.1, -0.05) is 45.1 Å². The quantitative estimate of drug-likeness (QED) is 0.403. The van der Waals surface area contributed by atoms with Crippen LogP contribution < -0.4 is 11.3 Å². The Morgan fingerprint density at radius 1 is 1.25 bits per heavy atom. The average Bonchev–Trinajstić information content (AvgIpc) is 2.35. The highest BCUT2D eigenvalue weighted by molar-refractivity contribution is 5.08. The van der Waals surface area contributed by atoms with Gasteiger partial charge in [0.2, 0.25) is 0 Å². The lowest BCUT2D eigenvalue weighted by atomic mass is 10.0. The zero-order chi connectivity index (χ0) is 11.6. The number of aromatic nitrogens is 1. The molecule has 0 spiro atoms. The van der Waals surface area contributed by atoms with Crippen LogP contribution in [-0.2, 0) is 0 Å². The highest BCUT2D eigenvalue weighted by atomic mass is 15.2. The summed E-state index contributed by atoms with van der Waals surface area (Å²) in [6.45, 7) is 2.23. The summed E-state index contributed by atoms with van der Waals surface area (Å²) in [6.07, 6.45) is 9.34. The van der Waals surface area contributed by atoms with E-state index in [4.69, 9.17) is 5.84 Å². The van der Waals surface area contributed by atoms with E-state index in [1.54, 1.807) is 0 Å². The minimum atomic E-state index is 0.197. The number of hydrogen-bond acceptors (Lipinski definition) is 3. The molecule has 0 saturated carbocycles. The van der Waals surface area contributed by atoms with Gasteiger partial charge in [-0.15, -0.1) is 0 Å². The Hall–Kier alpha value is -0.930. The van der Waals surface area contributed by atoms with Gasteiger partial charge in [0.25, 0.3) is 0 Å². The van der Waals surface area contributed by atoms with E-state index in [-0.39, 0.29) is 6.04 Å². The molecule has 90 valence electrons. The Morgan fingerprint density at radius 2 is 2.06 bits per heavy atom. The van der Waals surface area contributed by atoms with Crippen LogP contribution in [0.2, 0.25) is 0 Å². The molecule has 3 heteroatoms. The Morgan fingerprint density at radius 3 is 2.69 bits per heavy atom. The van der Waals surface area contributed by atoms with Crippen molar-refractivity contribution in [2.75, 3.05) is 0 Å². The maximum atomic E-state index is 5.56. The summed E-state index contributed by atoms with van der Waals surface area (Å²) >= 11 is 0. The number of nitrogens with one attached hydrogen (secondary N) is 1.